The highest BCUT2D eigenvalue weighted by atomic mass is 16.7. The van der Waals surface area contributed by atoms with Gasteiger partial charge in [0.1, 0.15) is 0 Å². The predicted molar refractivity (Wildman–Crippen MR) is 84.8 cm³/mol. The average molecular weight is 317 g/mol. The number of carbonyl (C=O) groups excluding carboxylic acids is 1. The number of aromatic nitrogens is 2. The van der Waals surface area contributed by atoms with E-state index in [4.69, 9.17) is 4.84 Å². The van der Waals surface area contributed by atoms with Crippen molar-refractivity contribution in [2.75, 3.05) is 0 Å². The van der Waals surface area contributed by atoms with E-state index in [0.717, 1.165) is 0 Å². The van der Waals surface area contributed by atoms with Crippen molar-refractivity contribution in [1.29, 1.82) is 0 Å². The van der Waals surface area contributed by atoms with Gasteiger partial charge in [0.2, 0.25) is 0 Å². The number of benzene rings is 1. The first-order valence-electron chi connectivity index (χ1n) is 7.15. The van der Waals surface area contributed by atoms with Gasteiger partial charge in [-0.25, -0.2) is 9.78 Å². The van der Waals surface area contributed by atoms with Gasteiger partial charge in [-0.05, 0) is 34.6 Å². The Morgan fingerprint density at radius 2 is 1.96 bits per heavy atom. The molecule has 7 nitrogen and oxygen atoms in total. The summed E-state index contributed by atoms with van der Waals surface area (Å²) in [6, 6.07) is 6.07. The molecule has 0 bridgehead atoms. The molecule has 0 aliphatic heterocycles. The zero-order valence-electron chi connectivity index (χ0n) is 13.8. The van der Waals surface area contributed by atoms with Crippen LogP contribution in [0.4, 0.5) is 5.69 Å². The summed E-state index contributed by atoms with van der Waals surface area (Å²) in [4.78, 5) is 32.5. The van der Waals surface area contributed by atoms with Crippen LogP contribution in [0.1, 0.15) is 32.2 Å². The third kappa shape index (κ3) is 3.39. The van der Waals surface area contributed by atoms with Crippen molar-refractivity contribution in [2.24, 2.45) is 5.41 Å². The number of imidazole rings is 1. The molecule has 0 aliphatic carbocycles. The number of carbonyl (C=O) groups is 1. The Morgan fingerprint density at radius 1 is 1.30 bits per heavy atom. The summed E-state index contributed by atoms with van der Waals surface area (Å²) in [5, 5.41) is 10.9. The third-order valence-corrected chi connectivity index (χ3v) is 3.40. The number of hydrogen-bond donors (Lipinski definition) is 0. The van der Waals surface area contributed by atoms with Gasteiger partial charge < -0.3 is 4.84 Å². The van der Waals surface area contributed by atoms with Crippen LogP contribution in [0, 0.1) is 29.4 Å². The molecule has 0 aliphatic rings. The van der Waals surface area contributed by atoms with Crippen LogP contribution in [0.2, 0.25) is 0 Å². The molecule has 0 radical (unpaired) electrons. The van der Waals surface area contributed by atoms with Crippen LogP contribution in [0.25, 0.3) is 11.4 Å². The number of nitro benzene ring substituents is 1. The maximum atomic E-state index is 12.2. The van der Waals surface area contributed by atoms with Gasteiger partial charge in [0.15, 0.2) is 5.82 Å². The van der Waals surface area contributed by atoms with Crippen molar-refractivity contribution in [2.45, 2.75) is 34.6 Å². The molecule has 122 valence electrons. The number of non-ortho nitro benzene ring substituents is 1. The van der Waals surface area contributed by atoms with Gasteiger partial charge in [0.25, 0.3) is 5.69 Å². The molecular formula is C16H19N3O4. The summed E-state index contributed by atoms with van der Waals surface area (Å²) in [6.45, 7) is 8.82. The van der Waals surface area contributed by atoms with E-state index in [9.17, 15) is 14.9 Å². The molecule has 23 heavy (non-hydrogen) atoms. The van der Waals surface area contributed by atoms with Crippen LogP contribution in [-0.4, -0.2) is 20.6 Å². The second kappa shape index (κ2) is 5.83. The van der Waals surface area contributed by atoms with Gasteiger partial charge in [0.05, 0.1) is 21.7 Å². The van der Waals surface area contributed by atoms with E-state index in [2.05, 4.69) is 4.98 Å². The normalized spacial score (nSPS) is 11.3. The van der Waals surface area contributed by atoms with Gasteiger partial charge in [-0.1, -0.05) is 12.1 Å². The molecule has 1 aromatic heterocycles. The fourth-order valence-electron chi connectivity index (χ4n) is 1.86. The van der Waals surface area contributed by atoms with E-state index >= 15 is 0 Å². The lowest BCUT2D eigenvalue weighted by molar-refractivity contribution is -0.384. The first kappa shape index (κ1) is 16.7. The smallest absolute Gasteiger partial charge is 0.334 e. The summed E-state index contributed by atoms with van der Waals surface area (Å²) in [7, 11) is 0. The lowest BCUT2D eigenvalue weighted by Gasteiger charge is -2.18. The lowest BCUT2D eigenvalue weighted by Crippen LogP contribution is -2.32. The van der Waals surface area contributed by atoms with Gasteiger partial charge in [-0.15, -0.1) is 0 Å². The molecule has 0 amide bonds. The minimum Gasteiger partial charge on any atom is -0.334 e. The number of aryl methyl sites for hydroxylation is 1. The molecular weight excluding hydrogens is 298 g/mol. The molecule has 7 heteroatoms. The van der Waals surface area contributed by atoms with E-state index in [1.165, 1.54) is 16.9 Å². The van der Waals surface area contributed by atoms with Gasteiger partial charge in [-0.3, -0.25) is 10.1 Å². The van der Waals surface area contributed by atoms with Crippen LogP contribution in [0.3, 0.4) is 0 Å². The number of nitro groups is 1. The fraction of sp³-hybridized carbons (Fsp3) is 0.375. The predicted octanol–water partition coefficient (Wildman–Crippen LogP) is 3.08. The highest BCUT2D eigenvalue weighted by molar-refractivity contribution is 5.76. The highest BCUT2D eigenvalue weighted by Crippen LogP contribution is 2.25. The van der Waals surface area contributed by atoms with Crippen molar-refractivity contribution >= 4 is 11.7 Å². The minimum atomic E-state index is -0.676. The van der Waals surface area contributed by atoms with E-state index in [-0.39, 0.29) is 5.69 Å². The summed E-state index contributed by atoms with van der Waals surface area (Å²) >= 11 is 0. The molecule has 0 N–H and O–H groups in total. The topological polar surface area (TPSA) is 87.3 Å². The highest BCUT2D eigenvalue weighted by Gasteiger charge is 2.27. The Morgan fingerprint density at radius 3 is 2.52 bits per heavy atom. The van der Waals surface area contributed by atoms with Crippen LogP contribution in [0.5, 0.6) is 0 Å². The summed E-state index contributed by atoms with van der Waals surface area (Å²) in [6.07, 6.45) is 0. The Kier molecular flexibility index (Phi) is 4.22. The number of nitrogens with zero attached hydrogens (tertiary/aromatic N) is 3. The van der Waals surface area contributed by atoms with Crippen molar-refractivity contribution in [3.8, 4) is 11.4 Å². The van der Waals surface area contributed by atoms with Crippen molar-refractivity contribution in [1.82, 2.24) is 9.71 Å². The van der Waals surface area contributed by atoms with Gasteiger partial charge in [-0.2, -0.15) is 4.73 Å². The van der Waals surface area contributed by atoms with Crippen molar-refractivity contribution in [3.05, 3.63) is 45.8 Å². The van der Waals surface area contributed by atoms with Crippen LogP contribution < -0.4 is 4.84 Å². The molecule has 0 atom stereocenters. The molecule has 0 spiro atoms. The largest absolute Gasteiger partial charge is 0.338 e. The molecule has 2 aromatic rings. The van der Waals surface area contributed by atoms with Crippen molar-refractivity contribution < 1.29 is 14.6 Å². The zero-order valence-corrected chi connectivity index (χ0v) is 13.8. The maximum Gasteiger partial charge on any atom is 0.338 e. The molecule has 2 rings (SSSR count). The molecule has 0 unspecified atom stereocenters. The lowest BCUT2D eigenvalue weighted by atomic mass is 9.98. The molecule has 0 saturated heterocycles. The Labute approximate surface area is 134 Å². The molecule has 1 heterocycles. The Hall–Kier alpha value is -2.70. The van der Waals surface area contributed by atoms with Crippen LogP contribution >= 0.6 is 0 Å². The van der Waals surface area contributed by atoms with Gasteiger partial charge in [0, 0.05) is 17.7 Å². The number of rotatable bonds is 3. The van der Waals surface area contributed by atoms with Crippen molar-refractivity contribution in [3.63, 3.8) is 0 Å². The van der Waals surface area contributed by atoms with E-state index in [0.29, 0.717) is 22.8 Å². The standard InChI is InChI=1S/C16H19N3O4/c1-10-11(2)18(23-15(20)16(3,4)5)14(17-10)12-7-6-8-13(9-12)19(21)22/h6-9H,1-5H3. The second-order valence-electron chi connectivity index (χ2n) is 6.34. The second-order valence-corrected chi connectivity index (χ2v) is 6.34. The SMILES string of the molecule is Cc1nc(-c2cccc([N+](=O)[O-])c2)n(OC(=O)C(C)(C)C)c1C. The molecule has 1 aromatic carbocycles. The van der Waals surface area contributed by atoms with Crippen LogP contribution in [0.15, 0.2) is 24.3 Å². The fourth-order valence-corrected chi connectivity index (χ4v) is 1.86. The van der Waals surface area contributed by atoms with E-state index in [1.54, 1.807) is 46.8 Å². The number of hydrogen-bond acceptors (Lipinski definition) is 5. The third-order valence-electron chi connectivity index (χ3n) is 3.40. The molecule has 0 saturated carbocycles. The quantitative estimate of drug-likeness (QED) is 0.641. The minimum absolute atomic E-state index is 0.0468. The van der Waals surface area contributed by atoms with E-state index < -0.39 is 16.3 Å². The maximum absolute atomic E-state index is 12.2. The van der Waals surface area contributed by atoms with E-state index in [1.807, 2.05) is 0 Å². The van der Waals surface area contributed by atoms with Crippen LogP contribution in [-0.2, 0) is 4.79 Å². The summed E-state index contributed by atoms with van der Waals surface area (Å²) in [5.41, 5.74) is 1.15. The summed E-state index contributed by atoms with van der Waals surface area (Å²) < 4.78 is 1.34. The Bertz CT molecular complexity index is 772. The summed E-state index contributed by atoms with van der Waals surface area (Å²) in [5.74, 6) is -0.0500. The first-order chi connectivity index (χ1) is 10.6. The monoisotopic (exact) mass is 317 g/mol. The first-order valence-corrected chi connectivity index (χ1v) is 7.15. The van der Waals surface area contributed by atoms with Gasteiger partial charge >= 0.3 is 5.97 Å². The zero-order chi connectivity index (χ0) is 17.4. The average Bonchev–Trinajstić information content (AvgIpc) is 2.74. The molecule has 0 fully saturated rings. The Balaban J connectivity index is 2.52.